The van der Waals surface area contributed by atoms with Crippen molar-refractivity contribution in [3.63, 3.8) is 0 Å². The minimum absolute atomic E-state index is 0.133. The Kier molecular flexibility index (Phi) is 2.73. The molecule has 1 fully saturated rings. The van der Waals surface area contributed by atoms with Gasteiger partial charge in [0, 0.05) is 38.3 Å². The Labute approximate surface area is 86.3 Å². The molecule has 5 heteroatoms. The van der Waals surface area contributed by atoms with Gasteiger partial charge in [0.1, 0.15) is 5.75 Å². The third kappa shape index (κ3) is 2.02. The highest BCUT2D eigenvalue weighted by Crippen LogP contribution is 2.27. The molecule has 15 heavy (non-hydrogen) atoms. The molecule has 0 bridgehead atoms. The average Bonchev–Trinajstić information content (AvgIpc) is 2.24. The van der Waals surface area contributed by atoms with Gasteiger partial charge in [-0.05, 0) is 0 Å². The SMILES string of the molecule is Oc1cc(F)c(F)c(N2CCNCC2)c1. The lowest BCUT2D eigenvalue weighted by Crippen LogP contribution is -2.43. The topological polar surface area (TPSA) is 35.5 Å². The van der Waals surface area contributed by atoms with Gasteiger partial charge in [-0.2, -0.15) is 0 Å². The van der Waals surface area contributed by atoms with Crippen LogP contribution in [0.4, 0.5) is 14.5 Å². The zero-order valence-electron chi connectivity index (χ0n) is 8.13. The van der Waals surface area contributed by atoms with Gasteiger partial charge in [-0.15, -0.1) is 0 Å². The minimum atomic E-state index is -1.01. The van der Waals surface area contributed by atoms with E-state index in [2.05, 4.69) is 5.32 Å². The van der Waals surface area contributed by atoms with Crippen LogP contribution in [-0.2, 0) is 0 Å². The summed E-state index contributed by atoms with van der Waals surface area (Å²) in [5.74, 6) is -2.15. The van der Waals surface area contributed by atoms with Crippen molar-refractivity contribution in [3.05, 3.63) is 23.8 Å². The van der Waals surface area contributed by atoms with E-state index in [1.54, 1.807) is 4.90 Å². The fraction of sp³-hybridized carbons (Fsp3) is 0.400. The smallest absolute Gasteiger partial charge is 0.182 e. The molecular formula is C10H12F2N2O. The largest absolute Gasteiger partial charge is 0.508 e. The van der Waals surface area contributed by atoms with Crippen molar-refractivity contribution in [2.24, 2.45) is 0 Å². The zero-order chi connectivity index (χ0) is 10.8. The summed E-state index contributed by atoms with van der Waals surface area (Å²) in [5.41, 5.74) is 0.133. The highest BCUT2D eigenvalue weighted by atomic mass is 19.2. The van der Waals surface area contributed by atoms with Crippen LogP contribution in [0.3, 0.4) is 0 Å². The number of halogens is 2. The van der Waals surface area contributed by atoms with Crippen LogP contribution in [-0.4, -0.2) is 31.3 Å². The minimum Gasteiger partial charge on any atom is -0.508 e. The molecule has 0 unspecified atom stereocenters. The molecule has 0 aromatic heterocycles. The molecule has 1 aromatic carbocycles. The van der Waals surface area contributed by atoms with E-state index in [9.17, 15) is 13.9 Å². The number of hydrogen-bond donors (Lipinski definition) is 2. The molecule has 0 atom stereocenters. The van der Waals surface area contributed by atoms with E-state index in [1.807, 2.05) is 0 Å². The van der Waals surface area contributed by atoms with Gasteiger partial charge in [-0.1, -0.05) is 0 Å². The van der Waals surface area contributed by atoms with Gasteiger partial charge in [0.05, 0.1) is 5.69 Å². The van der Waals surface area contributed by atoms with Crippen molar-refractivity contribution in [1.82, 2.24) is 5.32 Å². The molecule has 2 rings (SSSR count). The predicted molar refractivity (Wildman–Crippen MR) is 53.1 cm³/mol. The van der Waals surface area contributed by atoms with Crippen LogP contribution in [0.15, 0.2) is 12.1 Å². The highest BCUT2D eigenvalue weighted by molar-refractivity contribution is 5.52. The number of nitrogens with zero attached hydrogens (tertiary/aromatic N) is 1. The molecule has 0 aliphatic carbocycles. The van der Waals surface area contributed by atoms with E-state index in [1.165, 1.54) is 6.07 Å². The van der Waals surface area contributed by atoms with Gasteiger partial charge >= 0.3 is 0 Å². The summed E-state index contributed by atoms with van der Waals surface area (Å²) in [6, 6.07) is 2.03. The summed E-state index contributed by atoms with van der Waals surface area (Å²) < 4.78 is 26.4. The third-order valence-electron chi connectivity index (χ3n) is 2.45. The first-order valence-electron chi connectivity index (χ1n) is 4.82. The van der Waals surface area contributed by atoms with E-state index in [-0.39, 0.29) is 11.4 Å². The molecule has 0 amide bonds. The maximum Gasteiger partial charge on any atom is 0.182 e. The summed E-state index contributed by atoms with van der Waals surface area (Å²) in [4.78, 5) is 1.72. The van der Waals surface area contributed by atoms with Crippen molar-refractivity contribution < 1.29 is 13.9 Å². The molecule has 1 aliphatic rings. The number of aromatic hydroxyl groups is 1. The molecule has 1 aromatic rings. The van der Waals surface area contributed by atoms with Gasteiger partial charge in [-0.25, -0.2) is 8.78 Å². The molecule has 1 aliphatic heterocycles. The van der Waals surface area contributed by atoms with Crippen molar-refractivity contribution in [2.75, 3.05) is 31.1 Å². The molecule has 0 spiro atoms. The van der Waals surface area contributed by atoms with Gasteiger partial charge in [0.25, 0.3) is 0 Å². The van der Waals surface area contributed by atoms with Crippen LogP contribution in [0.5, 0.6) is 5.75 Å². The first-order chi connectivity index (χ1) is 7.18. The lowest BCUT2D eigenvalue weighted by Gasteiger charge is -2.29. The highest BCUT2D eigenvalue weighted by Gasteiger charge is 2.18. The normalized spacial score (nSPS) is 16.8. The van der Waals surface area contributed by atoms with Crippen molar-refractivity contribution in [2.45, 2.75) is 0 Å². The zero-order valence-corrected chi connectivity index (χ0v) is 8.13. The number of nitrogens with one attached hydrogen (secondary N) is 1. The number of piperazine rings is 1. The van der Waals surface area contributed by atoms with Crippen LogP contribution in [0, 0.1) is 11.6 Å². The van der Waals surface area contributed by atoms with E-state index >= 15 is 0 Å². The molecule has 1 heterocycles. The number of rotatable bonds is 1. The van der Waals surface area contributed by atoms with E-state index in [0.717, 1.165) is 19.2 Å². The van der Waals surface area contributed by atoms with Crippen LogP contribution in [0.2, 0.25) is 0 Å². The molecular weight excluding hydrogens is 202 g/mol. The Hall–Kier alpha value is -1.36. The number of anilines is 1. The molecule has 3 nitrogen and oxygen atoms in total. The van der Waals surface area contributed by atoms with Crippen molar-refractivity contribution >= 4 is 5.69 Å². The second-order valence-electron chi connectivity index (χ2n) is 3.50. The predicted octanol–water partition coefficient (Wildman–Crippen LogP) is 1.08. The lowest BCUT2D eigenvalue weighted by molar-refractivity contribution is 0.452. The number of phenols is 1. The van der Waals surface area contributed by atoms with Crippen LogP contribution < -0.4 is 10.2 Å². The summed E-state index contributed by atoms with van der Waals surface area (Å²) >= 11 is 0. The number of phenolic OH excluding ortho intramolecular Hbond substituents is 1. The average molecular weight is 214 g/mol. The van der Waals surface area contributed by atoms with Crippen LogP contribution in [0.25, 0.3) is 0 Å². The second-order valence-corrected chi connectivity index (χ2v) is 3.50. The first-order valence-corrected chi connectivity index (χ1v) is 4.82. The Balaban J connectivity index is 2.33. The Bertz CT molecular complexity index is 365. The van der Waals surface area contributed by atoms with E-state index in [4.69, 9.17) is 0 Å². The summed E-state index contributed by atoms with van der Waals surface area (Å²) in [5, 5.41) is 12.3. The Morgan fingerprint density at radius 1 is 1.20 bits per heavy atom. The lowest BCUT2D eigenvalue weighted by atomic mass is 10.2. The summed E-state index contributed by atoms with van der Waals surface area (Å²) in [6.45, 7) is 2.69. The van der Waals surface area contributed by atoms with Crippen molar-refractivity contribution in [3.8, 4) is 5.75 Å². The Morgan fingerprint density at radius 2 is 1.87 bits per heavy atom. The molecule has 0 radical (unpaired) electrons. The maximum atomic E-state index is 13.4. The number of hydrogen-bond acceptors (Lipinski definition) is 3. The van der Waals surface area contributed by atoms with Gasteiger partial charge in [0.2, 0.25) is 0 Å². The van der Waals surface area contributed by atoms with Crippen molar-refractivity contribution in [1.29, 1.82) is 0 Å². The number of benzene rings is 1. The molecule has 2 N–H and O–H groups in total. The van der Waals surface area contributed by atoms with Gasteiger partial charge in [-0.3, -0.25) is 0 Å². The summed E-state index contributed by atoms with van der Waals surface area (Å²) in [7, 11) is 0. The van der Waals surface area contributed by atoms with E-state index < -0.39 is 11.6 Å². The quantitative estimate of drug-likeness (QED) is 0.734. The van der Waals surface area contributed by atoms with Gasteiger partial charge in [0.15, 0.2) is 11.6 Å². The fourth-order valence-corrected chi connectivity index (χ4v) is 1.70. The molecule has 1 saturated heterocycles. The molecule has 0 saturated carbocycles. The second kappa shape index (κ2) is 4.02. The maximum absolute atomic E-state index is 13.4. The third-order valence-corrected chi connectivity index (χ3v) is 2.45. The van der Waals surface area contributed by atoms with E-state index in [0.29, 0.717) is 13.1 Å². The summed E-state index contributed by atoms with van der Waals surface area (Å²) in [6.07, 6.45) is 0. The van der Waals surface area contributed by atoms with Crippen LogP contribution in [0.1, 0.15) is 0 Å². The Morgan fingerprint density at radius 3 is 2.53 bits per heavy atom. The first kappa shape index (κ1) is 10.2. The molecule has 82 valence electrons. The fourth-order valence-electron chi connectivity index (χ4n) is 1.70. The monoisotopic (exact) mass is 214 g/mol. The van der Waals surface area contributed by atoms with Crippen LogP contribution >= 0.6 is 0 Å². The standard InChI is InChI=1S/C10H12F2N2O/c11-8-5-7(15)6-9(10(8)12)14-3-1-13-2-4-14/h5-6,13,15H,1-4H2. The van der Waals surface area contributed by atoms with Gasteiger partial charge < -0.3 is 15.3 Å².